The number of nitriles is 1. The summed E-state index contributed by atoms with van der Waals surface area (Å²) >= 11 is -0.326. The van der Waals surface area contributed by atoms with Gasteiger partial charge in [0.25, 0.3) is 0 Å². The Morgan fingerprint density at radius 3 is 2.91 bits per heavy atom. The van der Waals surface area contributed by atoms with Gasteiger partial charge < -0.3 is 0 Å². The van der Waals surface area contributed by atoms with Crippen LogP contribution in [0.25, 0.3) is 0 Å². The summed E-state index contributed by atoms with van der Waals surface area (Å²) in [6.07, 6.45) is 1.40. The summed E-state index contributed by atoms with van der Waals surface area (Å²) in [5.74, 6) is -0.348. The van der Waals surface area contributed by atoms with Gasteiger partial charge in [-0.05, 0) is 0 Å². The molecular weight excluding hydrogens is 258 g/mol. The minimum absolute atomic E-state index is 0.281. The average Bonchev–Trinajstić information content (AvgIpc) is 2.04. The Labute approximate surface area is 74.3 Å². The van der Waals surface area contributed by atoms with E-state index in [-0.39, 0.29) is 32.6 Å². The first-order valence-corrected chi connectivity index (χ1v) is 6.06. The van der Waals surface area contributed by atoms with Crippen LogP contribution in [0.15, 0.2) is 12.3 Å². The third-order valence-electron chi connectivity index (χ3n) is 1.10. The molecule has 0 aliphatic rings. The van der Waals surface area contributed by atoms with Gasteiger partial charge in [0.15, 0.2) is 0 Å². The molecule has 1 rings (SSSR count). The number of hydrogen-bond acceptors (Lipinski definition) is 2. The van der Waals surface area contributed by atoms with E-state index in [1.165, 1.54) is 12.3 Å². The molecular formula is C7H5FIN2-. The molecule has 0 radical (unpaired) electrons. The fourth-order valence-electron chi connectivity index (χ4n) is 0.621. The van der Waals surface area contributed by atoms with Crippen LogP contribution in [0, 0.1) is 20.8 Å². The Morgan fingerprint density at radius 1 is 1.73 bits per heavy atom. The third-order valence-corrected chi connectivity index (χ3v) is 2.92. The number of pyridine rings is 1. The third kappa shape index (κ3) is 1.87. The number of hydrogen-bond donors (Lipinski definition) is 0. The van der Waals surface area contributed by atoms with E-state index in [1.54, 1.807) is 0 Å². The van der Waals surface area contributed by atoms with E-state index >= 15 is 0 Å². The molecule has 0 aliphatic carbocycles. The molecule has 0 fully saturated rings. The van der Waals surface area contributed by atoms with Gasteiger partial charge in [0, 0.05) is 0 Å². The molecule has 1 aromatic heterocycles. The maximum absolute atomic E-state index is 12.9. The summed E-state index contributed by atoms with van der Waals surface area (Å²) in [4.78, 5) is 5.75. The first-order chi connectivity index (χ1) is 5.27. The van der Waals surface area contributed by atoms with Crippen LogP contribution >= 0.6 is 0 Å². The molecule has 1 aromatic rings. The molecule has 1 heterocycles. The number of nitrogens with zero attached hydrogens (tertiary/aromatic N) is 2. The Bertz CT molecular complexity index is 306. The summed E-state index contributed by atoms with van der Waals surface area (Å²) in [6, 6.07) is 3.06. The molecule has 4 heteroatoms. The number of alkyl halides is 1. The van der Waals surface area contributed by atoms with Crippen molar-refractivity contribution in [1.82, 2.24) is 4.98 Å². The van der Waals surface area contributed by atoms with E-state index in [1.807, 2.05) is 11.0 Å². The van der Waals surface area contributed by atoms with E-state index in [0.29, 0.717) is 3.70 Å². The molecule has 0 bridgehead atoms. The summed E-state index contributed by atoms with van der Waals surface area (Å²) in [7, 11) is 0. The quantitative estimate of drug-likeness (QED) is 0.333. The summed E-state index contributed by atoms with van der Waals surface area (Å²) in [5, 5.41) is 8.38. The molecule has 0 saturated heterocycles. The first-order valence-electron chi connectivity index (χ1n) is 2.83. The molecule has 2 nitrogen and oxygen atoms in total. The van der Waals surface area contributed by atoms with E-state index in [4.69, 9.17) is 5.26 Å². The molecule has 11 heavy (non-hydrogen) atoms. The zero-order valence-electron chi connectivity index (χ0n) is 5.81. The van der Waals surface area contributed by atoms with Crippen LogP contribution in [0.2, 0.25) is 0 Å². The molecule has 0 aliphatic heterocycles. The normalized spacial score (nSPS) is 9.55. The second-order valence-corrected chi connectivity index (χ2v) is 3.90. The van der Waals surface area contributed by atoms with Crippen molar-refractivity contribution in [2.24, 2.45) is 0 Å². The van der Waals surface area contributed by atoms with Gasteiger partial charge in [-0.15, -0.1) is 0 Å². The van der Waals surface area contributed by atoms with Gasteiger partial charge in [-0.2, -0.15) is 0 Å². The first kappa shape index (κ1) is 8.40. The second-order valence-electron chi connectivity index (χ2n) is 1.80. The zero-order chi connectivity index (χ0) is 8.27. The number of halogens is 2. The molecule has 0 saturated carbocycles. The van der Waals surface area contributed by atoms with Gasteiger partial charge >= 0.3 is 74.2 Å². The van der Waals surface area contributed by atoms with Gasteiger partial charge in [0.2, 0.25) is 0 Å². The molecule has 0 spiro atoms. The van der Waals surface area contributed by atoms with Crippen molar-refractivity contribution in [2.75, 3.05) is 4.93 Å². The van der Waals surface area contributed by atoms with Gasteiger partial charge in [0.05, 0.1) is 0 Å². The molecule has 0 N–H and O–H groups in total. The van der Waals surface area contributed by atoms with E-state index < -0.39 is 0 Å². The van der Waals surface area contributed by atoms with Crippen molar-refractivity contribution in [3.8, 4) is 6.07 Å². The predicted octanol–water partition coefficient (Wildman–Crippen LogP) is -2.02. The zero-order valence-corrected chi connectivity index (χ0v) is 7.96. The number of aromatic nitrogens is 1. The van der Waals surface area contributed by atoms with Crippen molar-refractivity contribution < 1.29 is 25.6 Å². The summed E-state index contributed by atoms with van der Waals surface area (Å²) in [6.45, 7) is 0. The monoisotopic (exact) mass is 263 g/mol. The van der Waals surface area contributed by atoms with Crippen LogP contribution in [0.3, 0.4) is 0 Å². The van der Waals surface area contributed by atoms with Crippen molar-refractivity contribution in [3.63, 3.8) is 0 Å². The van der Waals surface area contributed by atoms with E-state index in [9.17, 15) is 4.39 Å². The molecule has 0 aromatic carbocycles. The van der Waals surface area contributed by atoms with E-state index in [0.717, 1.165) is 0 Å². The van der Waals surface area contributed by atoms with Crippen molar-refractivity contribution >= 4 is 0 Å². The van der Waals surface area contributed by atoms with Gasteiger partial charge in [-0.25, -0.2) is 0 Å². The fraction of sp³-hybridized carbons (Fsp3) is 0.143. The van der Waals surface area contributed by atoms with Crippen molar-refractivity contribution in [1.29, 1.82) is 5.26 Å². The SMILES string of the molecule is C[I-]c1ncc(C#N)cc1F. The van der Waals surface area contributed by atoms with Gasteiger partial charge in [0.1, 0.15) is 0 Å². The molecule has 0 amide bonds. The standard InChI is InChI=1S/C7H5FIN2/c1-9-7-6(8)2-5(3-10)4-11-7/h2,4H,1H3/q-1. The maximum atomic E-state index is 12.9. The van der Waals surface area contributed by atoms with Crippen LogP contribution in [-0.2, 0) is 0 Å². The van der Waals surface area contributed by atoms with Crippen LogP contribution in [0.1, 0.15) is 5.56 Å². The topological polar surface area (TPSA) is 36.7 Å². The average molecular weight is 263 g/mol. The molecule has 58 valence electrons. The van der Waals surface area contributed by atoms with Crippen LogP contribution in [0.5, 0.6) is 0 Å². The Hall–Kier alpha value is -0.700. The molecule has 0 atom stereocenters. The Kier molecular flexibility index (Phi) is 2.76. The summed E-state index contributed by atoms with van der Waals surface area (Å²) in [5.41, 5.74) is 0.281. The molecule has 0 unspecified atom stereocenters. The number of rotatable bonds is 1. The van der Waals surface area contributed by atoms with Crippen molar-refractivity contribution in [2.45, 2.75) is 0 Å². The van der Waals surface area contributed by atoms with Gasteiger partial charge in [-0.1, -0.05) is 0 Å². The minimum atomic E-state index is -0.348. The summed E-state index contributed by atoms with van der Waals surface area (Å²) < 4.78 is 13.4. The fourth-order valence-corrected chi connectivity index (χ4v) is 1.71. The van der Waals surface area contributed by atoms with Crippen LogP contribution in [0.4, 0.5) is 4.39 Å². The van der Waals surface area contributed by atoms with E-state index in [2.05, 4.69) is 4.98 Å². The predicted molar refractivity (Wildman–Crippen MR) is 33.5 cm³/mol. The van der Waals surface area contributed by atoms with Gasteiger partial charge in [-0.3, -0.25) is 0 Å². The van der Waals surface area contributed by atoms with Crippen molar-refractivity contribution in [3.05, 3.63) is 27.3 Å². The second kappa shape index (κ2) is 3.62. The van der Waals surface area contributed by atoms with Crippen LogP contribution < -0.4 is 21.2 Å². The Balaban J connectivity index is 3.12. The Morgan fingerprint density at radius 2 is 2.45 bits per heavy atom. The van der Waals surface area contributed by atoms with Crippen LogP contribution in [-0.4, -0.2) is 9.91 Å².